The molecule has 1 atom stereocenters. The van der Waals surface area contributed by atoms with Crippen LogP contribution in [-0.4, -0.2) is 20.9 Å². The number of aromatic nitrogens is 3. The molecule has 1 heterocycles. The zero-order valence-electron chi connectivity index (χ0n) is 13.6. The van der Waals surface area contributed by atoms with Crippen molar-refractivity contribution in [1.82, 2.24) is 20.3 Å². The fraction of sp³-hybridized carbons (Fsp3) is 0.263. The van der Waals surface area contributed by atoms with Gasteiger partial charge in [0.1, 0.15) is 12.1 Å². The van der Waals surface area contributed by atoms with Gasteiger partial charge < -0.3 is 5.32 Å². The Labute approximate surface area is 144 Å². The summed E-state index contributed by atoms with van der Waals surface area (Å²) in [6.07, 6.45) is 2.21. The summed E-state index contributed by atoms with van der Waals surface area (Å²) in [4.78, 5) is 24.9. The average molecular weight is 334 g/mol. The van der Waals surface area contributed by atoms with Crippen molar-refractivity contribution in [3.8, 4) is 0 Å². The highest BCUT2D eigenvalue weighted by Crippen LogP contribution is 2.40. The summed E-state index contributed by atoms with van der Waals surface area (Å²) >= 11 is 0. The summed E-state index contributed by atoms with van der Waals surface area (Å²) in [5.41, 5.74) is 1.32. The van der Waals surface area contributed by atoms with E-state index in [1.165, 1.54) is 0 Å². The highest BCUT2D eigenvalue weighted by molar-refractivity contribution is 5.78. The molecule has 6 heteroatoms. The molecule has 1 aromatic heterocycles. The first kappa shape index (κ1) is 15.5. The molecular weight excluding hydrogens is 316 g/mol. The molecule has 126 valence electrons. The van der Waals surface area contributed by atoms with E-state index in [0.29, 0.717) is 16.8 Å². The van der Waals surface area contributed by atoms with Crippen molar-refractivity contribution in [3.05, 3.63) is 70.5 Å². The fourth-order valence-electron chi connectivity index (χ4n) is 3.05. The lowest BCUT2D eigenvalue weighted by atomic mass is 10.0. The Bertz CT molecular complexity index is 964. The van der Waals surface area contributed by atoms with Gasteiger partial charge in [0, 0.05) is 0 Å². The number of hydrogen-bond donors (Lipinski definition) is 1. The van der Waals surface area contributed by atoms with Crippen LogP contribution in [0.15, 0.2) is 59.4 Å². The van der Waals surface area contributed by atoms with E-state index in [4.69, 9.17) is 0 Å². The summed E-state index contributed by atoms with van der Waals surface area (Å²) in [5, 5.41) is 11.4. The molecular formula is C19H18N4O2. The van der Waals surface area contributed by atoms with Crippen LogP contribution in [0.2, 0.25) is 0 Å². The van der Waals surface area contributed by atoms with Crippen LogP contribution in [0, 0.1) is 5.92 Å². The minimum atomic E-state index is -0.302. The maximum Gasteiger partial charge on any atom is 0.278 e. The number of nitrogens with one attached hydrogen (secondary N) is 1. The summed E-state index contributed by atoms with van der Waals surface area (Å²) in [5.74, 6) is 0.234. The molecule has 1 unspecified atom stereocenters. The second-order valence-electron chi connectivity index (χ2n) is 6.36. The lowest BCUT2D eigenvalue weighted by Crippen LogP contribution is -2.36. The van der Waals surface area contributed by atoms with Crippen LogP contribution in [0.1, 0.15) is 24.4 Å². The van der Waals surface area contributed by atoms with E-state index in [1.807, 2.05) is 30.3 Å². The van der Waals surface area contributed by atoms with Crippen LogP contribution in [0.3, 0.4) is 0 Å². The second-order valence-corrected chi connectivity index (χ2v) is 6.36. The zero-order chi connectivity index (χ0) is 17.2. The number of rotatable bonds is 5. The van der Waals surface area contributed by atoms with E-state index < -0.39 is 0 Å². The van der Waals surface area contributed by atoms with Crippen molar-refractivity contribution in [2.24, 2.45) is 5.92 Å². The maximum atomic E-state index is 12.5. The van der Waals surface area contributed by atoms with Gasteiger partial charge in [-0.15, -0.1) is 5.10 Å². The first-order valence-corrected chi connectivity index (χ1v) is 8.39. The molecule has 1 amide bonds. The molecule has 4 rings (SSSR count). The zero-order valence-corrected chi connectivity index (χ0v) is 13.6. The Morgan fingerprint density at radius 1 is 1.12 bits per heavy atom. The number of hydrogen-bond acceptors (Lipinski definition) is 4. The van der Waals surface area contributed by atoms with Crippen LogP contribution in [0.5, 0.6) is 0 Å². The Morgan fingerprint density at radius 2 is 1.84 bits per heavy atom. The summed E-state index contributed by atoms with van der Waals surface area (Å²) in [6, 6.07) is 16.9. The third kappa shape index (κ3) is 3.28. The van der Waals surface area contributed by atoms with Crippen molar-refractivity contribution in [1.29, 1.82) is 0 Å². The average Bonchev–Trinajstić information content (AvgIpc) is 3.48. The smallest absolute Gasteiger partial charge is 0.278 e. The summed E-state index contributed by atoms with van der Waals surface area (Å²) in [6.45, 7) is -0.132. The fourth-order valence-corrected chi connectivity index (χ4v) is 3.05. The van der Waals surface area contributed by atoms with Crippen LogP contribution in [0.25, 0.3) is 10.9 Å². The number of amides is 1. The van der Waals surface area contributed by atoms with E-state index in [2.05, 4.69) is 15.6 Å². The first-order chi connectivity index (χ1) is 12.2. The maximum absolute atomic E-state index is 12.5. The summed E-state index contributed by atoms with van der Waals surface area (Å²) < 4.78 is 1.12. The van der Waals surface area contributed by atoms with Crippen molar-refractivity contribution in [2.75, 3.05) is 0 Å². The number of carbonyl (C=O) groups excluding carboxylic acids is 1. The molecule has 1 aliphatic carbocycles. The monoisotopic (exact) mass is 334 g/mol. The van der Waals surface area contributed by atoms with Crippen LogP contribution < -0.4 is 10.9 Å². The standard InChI is InChI=1S/C19H18N4O2/c24-17(20-18(14-10-11-14)13-6-2-1-3-7-13)12-23-19(25)15-8-4-5-9-16(15)21-22-23/h1-9,14,18H,10-12H2,(H,20,24). The van der Waals surface area contributed by atoms with Gasteiger partial charge in [-0.3, -0.25) is 9.59 Å². The van der Waals surface area contributed by atoms with Gasteiger partial charge in [-0.2, -0.15) is 0 Å². The quantitative estimate of drug-likeness (QED) is 0.775. The van der Waals surface area contributed by atoms with Crippen LogP contribution in [-0.2, 0) is 11.3 Å². The Balaban J connectivity index is 1.54. The Kier molecular flexibility index (Phi) is 4.01. The Hall–Kier alpha value is -3.02. The number of nitrogens with zero attached hydrogens (tertiary/aromatic N) is 3. The van der Waals surface area contributed by atoms with E-state index in [9.17, 15) is 9.59 Å². The molecule has 0 saturated heterocycles. The molecule has 1 saturated carbocycles. The molecule has 1 aliphatic rings. The molecule has 0 aliphatic heterocycles. The van der Waals surface area contributed by atoms with Crippen molar-refractivity contribution in [2.45, 2.75) is 25.4 Å². The third-order valence-electron chi connectivity index (χ3n) is 4.49. The molecule has 0 spiro atoms. The molecule has 1 N–H and O–H groups in total. The van der Waals surface area contributed by atoms with Gasteiger partial charge in [-0.25, -0.2) is 4.68 Å². The van der Waals surface area contributed by atoms with Gasteiger partial charge in [0.15, 0.2) is 0 Å². The lowest BCUT2D eigenvalue weighted by molar-refractivity contribution is -0.122. The Morgan fingerprint density at radius 3 is 2.60 bits per heavy atom. The van der Waals surface area contributed by atoms with Crippen LogP contribution >= 0.6 is 0 Å². The minimum absolute atomic E-state index is 0.0159. The van der Waals surface area contributed by atoms with Gasteiger partial charge >= 0.3 is 0 Å². The lowest BCUT2D eigenvalue weighted by Gasteiger charge is -2.19. The molecule has 2 aromatic carbocycles. The third-order valence-corrected chi connectivity index (χ3v) is 4.49. The van der Waals surface area contributed by atoms with Gasteiger partial charge in [0.05, 0.1) is 11.4 Å². The highest BCUT2D eigenvalue weighted by Gasteiger charge is 2.33. The van der Waals surface area contributed by atoms with E-state index in [0.717, 1.165) is 23.1 Å². The van der Waals surface area contributed by atoms with Gasteiger partial charge in [-0.1, -0.05) is 47.7 Å². The van der Waals surface area contributed by atoms with E-state index in [-0.39, 0.29) is 24.1 Å². The first-order valence-electron chi connectivity index (χ1n) is 8.39. The molecule has 0 radical (unpaired) electrons. The van der Waals surface area contributed by atoms with Gasteiger partial charge in [-0.05, 0) is 36.5 Å². The predicted molar refractivity (Wildman–Crippen MR) is 93.8 cm³/mol. The summed E-state index contributed by atoms with van der Waals surface area (Å²) in [7, 11) is 0. The molecule has 1 fully saturated rings. The SMILES string of the molecule is O=C(Cn1nnc2ccccc2c1=O)NC(c1ccccc1)C1CC1. The molecule has 0 bridgehead atoms. The topological polar surface area (TPSA) is 76.9 Å². The van der Waals surface area contributed by atoms with Gasteiger partial charge in [0.2, 0.25) is 5.91 Å². The highest BCUT2D eigenvalue weighted by atomic mass is 16.2. The number of benzene rings is 2. The molecule has 25 heavy (non-hydrogen) atoms. The van der Waals surface area contributed by atoms with Gasteiger partial charge in [0.25, 0.3) is 5.56 Å². The van der Waals surface area contributed by atoms with Crippen molar-refractivity contribution < 1.29 is 4.79 Å². The molecule has 3 aromatic rings. The van der Waals surface area contributed by atoms with Crippen molar-refractivity contribution in [3.63, 3.8) is 0 Å². The van der Waals surface area contributed by atoms with Crippen molar-refractivity contribution >= 4 is 16.8 Å². The largest absolute Gasteiger partial charge is 0.347 e. The van der Waals surface area contributed by atoms with E-state index >= 15 is 0 Å². The minimum Gasteiger partial charge on any atom is -0.347 e. The second kappa shape index (κ2) is 6.47. The number of fused-ring (bicyclic) bond motifs is 1. The molecule has 6 nitrogen and oxygen atoms in total. The van der Waals surface area contributed by atoms with E-state index in [1.54, 1.807) is 24.3 Å². The number of carbonyl (C=O) groups is 1. The van der Waals surface area contributed by atoms with Crippen LogP contribution in [0.4, 0.5) is 0 Å². The normalized spacial score (nSPS) is 15.0. The predicted octanol–water partition coefficient (Wildman–Crippen LogP) is 2.06.